The molecule has 0 bridgehead atoms. The number of piperidine rings is 1. The Morgan fingerprint density at radius 2 is 2.08 bits per heavy atom. The van der Waals surface area contributed by atoms with Gasteiger partial charge >= 0.3 is 0 Å². The fourth-order valence-corrected chi connectivity index (χ4v) is 3.05. The third-order valence-electron chi connectivity index (χ3n) is 4.36. The van der Waals surface area contributed by atoms with Crippen LogP contribution in [0.1, 0.15) is 43.3 Å². The van der Waals surface area contributed by atoms with E-state index in [0.717, 1.165) is 30.4 Å². The number of nitrogens with zero attached hydrogens (tertiary/aromatic N) is 3. The SMILES string of the molecule is Cc1cc(CNCC(C)(O)c2ccco2)nc(N2CCCCC2)n1. The van der Waals surface area contributed by atoms with Crippen molar-refractivity contribution in [3.63, 3.8) is 0 Å². The zero-order valence-corrected chi connectivity index (χ0v) is 14.5. The van der Waals surface area contributed by atoms with Gasteiger partial charge in [0.25, 0.3) is 0 Å². The van der Waals surface area contributed by atoms with Gasteiger partial charge in [-0.25, -0.2) is 9.97 Å². The van der Waals surface area contributed by atoms with E-state index in [1.807, 2.05) is 13.0 Å². The second kappa shape index (κ2) is 7.32. The Labute approximate surface area is 142 Å². The number of hydrogen-bond acceptors (Lipinski definition) is 6. The number of furan rings is 1. The van der Waals surface area contributed by atoms with E-state index in [9.17, 15) is 5.11 Å². The van der Waals surface area contributed by atoms with E-state index in [1.54, 1.807) is 25.3 Å². The summed E-state index contributed by atoms with van der Waals surface area (Å²) >= 11 is 0. The molecule has 1 fully saturated rings. The van der Waals surface area contributed by atoms with Crippen molar-refractivity contribution in [2.75, 3.05) is 24.5 Å². The third kappa shape index (κ3) is 4.13. The Morgan fingerprint density at radius 3 is 2.79 bits per heavy atom. The van der Waals surface area contributed by atoms with Crippen LogP contribution < -0.4 is 10.2 Å². The lowest BCUT2D eigenvalue weighted by Gasteiger charge is -2.27. The molecular weight excluding hydrogens is 304 g/mol. The van der Waals surface area contributed by atoms with Crippen LogP contribution >= 0.6 is 0 Å². The first kappa shape index (κ1) is 16.9. The van der Waals surface area contributed by atoms with Crippen molar-refractivity contribution in [2.24, 2.45) is 0 Å². The topological polar surface area (TPSA) is 74.4 Å². The van der Waals surface area contributed by atoms with Gasteiger partial charge in [-0.15, -0.1) is 0 Å². The van der Waals surface area contributed by atoms with Crippen molar-refractivity contribution in [2.45, 2.75) is 45.3 Å². The number of aliphatic hydroxyl groups is 1. The fourth-order valence-electron chi connectivity index (χ4n) is 3.05. The van der Waals surface area contributed by atoms with Gasteiger partial charge in [0.15, 0.2) is 0 Å². The minimum atomic E-state index is -1.04. The van der Waals surface area contributed by atoms with Gasteiger partial charge in [0.05, 0.1) is 12.0 Å². The smallest absolute Gasteiger partial charge is 0.225 e. The van der Waals surface area contributed by atoms with Crippen LogP contribution in [0, 0.1) is 6.92 Å². The molecule has 6 nitrogen and oxygen atoms in total. The molecule has 24 heavy (non-hydrogen) atoms. The van der Waals surface area contributed by atoms with E-state index in [-0.39, 0.29) is 0 Å². The molecule has 0 aromatic carbocycles. The van der Waals surface area contributed by atoms with Gasteiger partial charge in [-0.1, -0.05) is 0 Å². The number of aromatic nitrogens is 2. The minimum Gasteiger partial charge on any atom is -0.466 e. The van der Waals surface area contributed by atoms with Gasteiger partial charge in [-0.2, -0.15) is 0 Å². The highest BCUT2D eigenvalue weighted by molar-refractivity contribution is 5.32. The van der Waals surface area contributed by atoms with Gasteiger partial charge in [0, 0.05) is 31.9 Å². The number of aryl methyl sites for hydroxylation is 1. The monoisotopic (exact) mass is 330 g/mol. The van der Waals surface area contributed by atoms with Crippen molar-refractivity contribution >= 4 is 5.95 Å². The average molecular weight is 330 g/mol. The van der Waals surface area contributed by atoms with E-state index >= 15 is 0 Å². The molecule has 0 saturated carbocycles. The second-order valence-electron chi connectivity index (χ2n) is 6.70. The summed E-state index contributed by atoms with van der Waals surface area (Å²) in [5.74, 6) is 1.38. The quantitative estimate of drug-likeness (QED) is 0.847. The molecule has 6 heteroatoms. The summed E-state index contributed by atoms with van der Waals surface area (Å²) in [5.41, 5.74) is 0.875. The number of anilines is 1. The molecule has 0 amide bonds. The largest absolute Gasteiger partial charge is 0.466 e. The predicted molar refractivity (Wildman–Crippen MR) is 92.8 cm³/mol. The van der Waals surface area contributed by atoms with Crippen LogP contribution in [0.4, 0.5) is 5.95 Å². The highest BCUT2D eigenvalue weighted by Crippen LogP contribution is 2.20. The Morgan fingerprint density at radius 1 is 1.29 bits per heavy atom. The van der Waals surface area contributed by atoms with Crippen LogP contribution in [0.15, 0.2) is 28.9 Å². The Bertz CT molecular complexity index is 649. The van der Waals surface area contributed by atoms with E-state index in [1.165, 1.54) is 19.3 Å². The molecular formula is C18H26N4O2. The van der Waals surface area contributed by atoms with Crippen molar-refractivity contribution in [3.05, 3.63) is 41.6 Å². The molecule has 1 saturated heterocycles. The zero-order valence-electron chi connectivity index (χ0n) is 14.5. The van der Waals surface area contributed by atoms with E-state index in [0.29, 0.717) is 18.8 Å². The molecule has 2 N–H and O–H groups in total. The van der Waals surface area contributed by atoms with Crippen molar-refractivity contribution in [1.82, 2.24) is 15.3 Å². The summed E-state index contributed by atoms with van der Waals surface area (Å²) in [7, 11) is 0. The minimum absolute atomic E-state index is 0.391. The Hall–Kier alpha value is -1.92. The predicted octanol–water partition coefficient (Wildman–Crippen LogP) is 2.37. The summed E-state index contributed by atoms with van der Waals surface area (Å²) in [4.78, 5) is 11.5. The molecule has 1 aliphatic heterocycles. The highest BCUT2D eigenvalue weighted by atomic mass is 16.4. The van der Waals surface area contributed by atoms with Crippen LogP contribution in [0.5, 0.6) is 0 Å². The van der Waals surface area contributed by atoms with Crippen LogP contribution in [0.2, 0.25) is 0 Å². The van der Waals surface area contributed by atoms with Gasteiger partial charge < -0.3 is 19.7 Å². The maximum absolute atomic E-state index is 10.5. The fraction of sp³-hybridized carbons (Fsp3) is 0.556. The van der Waals surface area contributed by atoms with Gasteiger partial charge in [-0.05, 0) is 51.3 Å². The molecule has 3 heterocycles. The van der Waals surface area contributed by atoms with Crippen LogP contribution in [0.3, 0.4) is 0 Å². The summed E-state index contributed by atoms with van der Waals surface area (Å²) in [6, 6.07) is 5.55. The Kier molecular flexibility index (Phi) is 5.16. The van der Waals surface area contributed by atoms with Crippen LogP contribution in [0.25, 0.3) is 0 Å². The first-order valence-corrected chi connectivity index (χ1v) is 8.61. The third-order valence-corrected chi connectivity index (χ3v) is 4.36. The molecule has 3 rings (SSSR count). The molecule has 0 spiro atoms. The normalized spacial score (nSPS) is 17.7. The number of nitrogens with one attached hydrogen (secondary N) is 1. The first-order chi connectivity index (χ1) is 11.5. The molecule has 2 aromatic heterocycles. The number of hydrogen-bond donors (Lipinski definition) is 2. The van der Waals surface area contributed by atoms with Crippen LogP contribution in [-0.2, 0) is 12.1 Å². The van der Waals surface area contributed by atoms with E-state index in [2.05, 4.69) is 20.2 Å². The lowest BCUT2D eigenvalue weighted by atomic mass is 10.0. The zero-order chi connectivity index (χ0) is 17.0. The van der Waals surface area contributed by atoms with Gasteiger partial charge in [0.1, 0.15) is 11.4 Å². The van der Waals surface area contributed by atoms with Gasteiger partial charge in [-0.3, -0.25) is 0 Å². The van der Waals surface area contributed by atoms with Crippen molar-refractivity contribution in [3.8, 4) is 0 Å². The average Bonchev–Trinajstić information content (AvgIpc) is 3.10. The van der Waals surface area contributed by atoms with E-state index < -0.39 is 5.60 Å². The molecule has 0 radical (unpaired) electrons. The summed E-state index contributed by atoms with van der Waals surface area (Å²) in [6.07, 6.45) is 5.27. The first-order valence-electron chi connectivity index (χ1n) is 8.61. The second-order valence-corrected chi connectivity index (χ2v) is 6.70. The number of rotatable bonds is 6. The standard InChI is InChI=1S/C18H26N4O2/c1-14-11-15(21-17(20-14)22-8-4-3-5-9-22)12-19-13-18(2,23)16-7-6-10-24-16/h6-7,10-11,19,23H,3-5,8-9,12-13H2,1-2H3. The highest BCUT2D eigenvalue weighted by Gasteiger charge is 2.25. The van der Waals surface area contributed by atoms with Crippen molar-refractivity contribution in [1.29, 1.82) is 0 Å². The van der Waals surface area contributed by atoms with Crippen LogP contribution in [-0.4, -0.2) is 34.7 Å². The summed E-state index contributed by atoms with van der Waals surface area (Å²) in [6.45, 7) is 6.78. The molecule has 2 aromatic rings. The summed E-state index contributed by atoms with van der Waals surface area (Å²) in [5, 5.41) is 13.7. The molecule has 130 valence electrons. The maximum atomic E-state index is 10.5. The lowest BCUT2D eigenvalue weighted by molar-refractivity contribution is 0.0340. The summed E-state index contributed by atoms with van der Waals surface area (Å²) < 4.78 is 5.30. The van der Waals surface area contributed by atoms with Crippen molar-refractivity contribution < 1.29 is 9.52 Å². The van der Waals surface area contributed by atoms with E-state index in [4.69, 9.17) is 4.42 Å². The molecule has 1 atom stereocenters. The molecule has 0 aliphatic carbocycles. The lowest BCUT2D eigenvalue weighted by Crippen LogP contribution is -2.35. The molecule has 1 aliphatic rings. The molecule has 1 unspecified atom stereocenters. The maximum Gasteiger partial charge on any atom is 0.225 e. The van der Waals surface area contributed by atoms with Gasteiger partial charge in [0.2, 0.25) is 5.95 Å². The Balaban J connectivity index is 1.61.